The van der Waals surface area contributed by atoms with E-state index in [4.69, 9.17) is 5.11 Å². The fourth-order valence-corrected chi connectivity index (χ4v) is 1.37. The van der Waals surface area contributed by atoms with Crippen LogP contribution in [0.15, 0.2) is 0 Å². The van der Waals surface area contributed by atoms with Crippen molar-refractivity contribution in [3.63, 3.8) is 0 Å². The van der Waals surface area contributed by atoms with Crippen molar-refractivity contribution >= 4 is 0 Å². The third-order valence-electron chi connectivity index (χ3n) is 2.33. The number of rotatable bonds is 1. The van der Waals surface area contributed by atoms with Gasteiger partial charge in [-0.05, 0) is 31.6 Å². The van der Waals surface area contributed by atoms with E-state index >= 15 is 0 Å². The Hall–Kier alpha value is -0.0800. The molecule has 0 aromatic carbocycles. The molecule has 0 atom stereocenters. The summed E-state index contributed by atoms with van der Waals surface area (Å²) in [6.07, 6.45) is 3.30. The topological polar surface area (TPSA) is 40.5 Å². The zero-order valence-corrected chi connectivity index (χ0v) is 6.21. The first-order valence-corrected chi connectivity index (χ1v) is 3.83. The van der Waals surface area contributed by atoms with Crippen molar-refractivity contribution in [3.8, 4) is 0 Å². The molecule has 10 heavy (non-hydrogen) atoms. The summed E-state index contributed by atoms with van der Waals surface area (Å²) in [5.74, 6) is 0.479. The van der Waals surface area contributed by atoms with Crippen LogP contribution in [0.5, 0.6) is 0 Å². The molecule has 0 aromatic heterocycles. The van der Waals surface area contributed by atoms with Crippen molar-refractivity contribution in [2.45, 2.75) is 31.3 Å². The molecule has 1 aliphatic rings. The fraction of sp³-hybridized carbons (Fsp3) is 0.875. The van der Waals surface area contributed by atoms with Gasteiger partial charge in [0.05, 0.1) is 12.2 Å². The predicted molar refractivity (Wildman–Crippen MR) is 39.4 cm³/mol. The maximum absolute atomic E-state index is 9.52. The molecule has 59 valence electrons. The summed E-state index contributed by atoms with van der Waals surface area (Å²) in [5, 5.41) is 18.3. The monoisotopic (exact) mass is 143 g/mol. The number of hydrogen-bond donors (Lipinski definition) is 2. The SMILES string of the molecule is [CH2][C@H]1CC[C@@](O)(CO)CC1. The van der Waals surface area contributed by atoms with Gasteiger partial charge in [-0.2, -0.15) is 0 Å². The van der Waals surface area contributed by atoms with Crippen LogP contribution in [0.25, 0.3) is 0 Å². The summed E-state index contributed by atoms with van der Waals surface area (Å²) < 4.78 is 0. The van der Waals surface area contributed by atoms with E-state index in [2.05, 4.69) is 6.92 Å². The Bertz CT molecular complexity index is 104. The fourth-order valence-electron chi connectivity index (χ4n) is 1.37. The van der Waals surface area contributed by atoms with Gasteiger partial charge in [0.25, 0.3) is 0 Å². The van der Waals surface area contributed by atoms with Crippen molar-refractivity contribution in [1.29, 1.82) is 0 Å². The van der Waals surface area contributed by atoms with Crippen molar-refractivity contribution in [3.05, 3.63) is 6.92 Å². The molecule has 0 saturated heterocycles. The minimum absolute atomic E-state index is 0.0975. The van der Waals surface area contributed by atoms with Crippen molar-refractivity contribution in [2.75, 3.05) is 6.61 Å². The van der Waals surface area contributed by atoms with Gasteiger partial charge in [-0.25, -0.2) is 0 Å². The lowest BCUT2D eigenvalue weighted by molar-refractivity contribution is -0.0481. The third-order valence-corrected chi connectivity index (χ3v) is 2.33. The molecule has 1 aliphatic carbocycles. The van der Waals surface area contributed by atoms with Gasteiger partial charge < -0.3 is 10.2 Å². The average Bonchev–Trinajstić information content (AvgIpc) is 1.96. The van der Waals surface area contributed by atoms with E-state index in [1.807, 2.05) is 0 Å². The molecule has 2 heteroatoms. The summed E-state index contributed by atoms with van der Waals surface area (Å²) in [6, 6.07) is 0. The van der Waals surface area contributed by atoms with Gasteiger partial charge in [0.1, 0.15) is 0 Å². The van der Waals surface area contributed by atoms with Crippen LogP contribution in [0.1, 0.15) is 25.7 Å². The molecule has 1 radical (unpaired) electrons. The van der Waals surface area contributed by atoms with E-state index in [9.17, 15) is 5.11 Å². The number of aliphatic hydroxyl groups is 2. The van der Waals surface area contributed by atoms with E-state index in [0.717, 1.165) is 12.8 Å². The van der Waals surface area contributed by atoms with E-state index in [0.29, 0.717) is 18.8 Å². The smallest absolute Gasteiger partial charge is 0.0877 e. The van der Waals surface area contributed by atoms with Gasteiger partial charge in [-0.1, -0.05) is 6.92 Å². The molecular weight excluding hydrogens is 128 g/mol. The van der Waals surface area contributed by atoms with Gasteiger partial charge in [0.2, 0.25) is 0 Å². The summed E-state index contributed by atoms with van der Waals surface area (Å²) in [6.45, 7) is 3.81. The van der Waals surface area contributed by atoms with Crippen LogP contribution in [0, 0.1) is 12.8 Å². The summed E-state index contributed by atoms with van der Waals surface area (Å²) in [5.41, 5.74) is -0.784. The molecular formula is C8H15O2. The van der Waals surface area contributed by atoms with Gasteiger partial charge in [-0.15, -0.1) is 0 Å². The van der Waals surface area contributed by atoms with Crippen LogP contribution in [-0.4, -0.2) is 22.4 Å². The zero-order chi connectivity index (χ0) is 7.61. The van der Waals surface area contributed by atoms with Gasteiger partial charge >= 0.3 is 0 Å². The molecule has 1 rings (SSSR count). The van der Waals surface area contributed by atoms with Crippen molar-refractivity contribution in [1.82, 2.24) is 0 Å². The standard InChI is InChI=1S/C8H15O2/c1-7-2-4-8(10,6-9)5-3-7/h7,9-10H,1-6H2/t7-,8-. The second-order valence-corrected chi connectivity index (χ2v) is 3.33. The predicted octanol–water partition coefficient (Wildman–Crippen LogP) is 0.734. The summed E-state index contributed by atoms with van der Waals surface area (Å²) in [7, 11) is 0. The van der Waals surface area contributed by atoms with Crippen LogP contribution in [-0.2, 0) is 0 Å². The van der Waals surface area contributed by atoms with Crippen LogP contribution >= 0.6 is 0 Å². The Balaban J connectivity index is 2.38. The van der Waals surface area contributed by atoms with Gasteiger partial charge in [-0.3, -0.25) is 0 Å². The van der Waals surface area contributed by atoms with E-state index < -0.39 is 5.60 Å². The van der Waals surface area contributed by atoms with Crippen molar-refractivity contribution in [2.24, 2.45) is 5.92 Å². The van der Waals surface area contributed by atoms with E-state index in [-0.39, 0.29) is 6.61 Å². The maximum Gasteiger partial charge on any atom is 0.0877 e. The van der Waals surface area contributed by atoms with E-state index in [1.54, 1.807) is 0 Å². The number of hydrogen-bond acceptors (Lipinski definition) is 2. The van der Waals surface area contributed by atoms with Crippen LogP contribution in [0.4, 0.5) is 0 Å². The molecule has 0 bridgehead atoms. The first kappa shape index (κ1) is 8.02. The van der Waals surface area contributed by atoms with Gasteiger partial charge in [0.15, 0.2) is 0 Å². The lowest BCUT2D eigenvalue weighted by atomic mass is 9.80. The molecule has 0 unspecified atom stereocenters. The molecule has 0 amide bonds. The molecule has 0 spiro atoms. The highest BCUT2D eigenvalue weighted by atomic mass is 16.3. The van der Waals surface area contributed by atoms with Crippen LogP contribution in [0.3, 0.4) is 0 Å². The lowest BCUT2D eigenvalue weighted by Gasteiger charge is -2.32. The molecule has 1 fully saturated rings. The first-order chi connectivity index (χ1) is 4.66. The maximum atomic E-state index is 9.52. The molecule has 0 aromatic rings. The highest BCUT2D eigenvalue weighted by molar-refractivity contribution is 4.85. The average molecular weight is 143 g/mol. The Morgan fingerprint density at radius 3 is 2.30 bits per heavy atom. The quantitative estimate of drug-likeness (QED) is 0.568. The Kier molecular flexibility index (Phi) is 2.32. The Labute approximate surface area is 61.9 Å². The Morgan fingerprint density at radius 1 is 1.40 bits per heavy atom. The minimum atomic E-state index is -0.784. The third kappa shape index (κ3) is 1.70. The second kappa shape index (κ2) is 2.89. The zero-order valence-electron chi connectivity index (χ0n) is 6.21. The molecule has 2 nitrogen and oxygen atoms in total. The normalized spacial score (nSPS) is 41.7. The largest absolute Gasteiger partial charge is 0.393 e. The van der Waals surface area contributed by atoms with Gasteiger partial charge in [0, 0.05) is 0 Å². The lowest BCUT2D eigenvalue weighted by Crippen LogP contribution is -2.37. The molecule has 0 heterocycles. The minimum Gasteiger partial charge on any atom is -0.393 e. The van der Waals surface area contributed by atoms with Crippen LogP contribution < -0.4 is 0 Å². The van der Waals surface area contributed by atoms with Crippen LogP contribution in [0.2, 0.25) is 0 Å². The molecule has 0 aliphatic heterocycles. The van der Waals surface area contributed by atoms with E-state index in [1.165, 1.54) is 0 Å². The van der Waals surface area contributed by atoms with Crippen molar-refractivity contribution < 1.29 is 10.2 Å². The highest BCUT2D eigenvalue weighted by Crippen LogP contribution is 2.30. The number of aliphatic hydroxyl groups excluding tert-OH is 1. The molecule has 1 saturated carbocycles. The second-order valence-electron chi connectivity index (χ2n) is 3.33. The summed E-state index contributed by atoms with van der Waals surface area (Å²) >= 11 is 0. The molecule has 2 N–H and O–H groups in total. The summed E-state index contributed by atoms with van der Waals surface area (Å²) in [4.78, 5) is 0. The highest BCUT2D eigenvalue weighted by Gasteiger charge is 2.30. The Morgan fingerprint density at radius 2 is 1.90 bits per heavy atom. The first-order valence-electron chi connectivity index (χ1n) is 3.83.